The van der Waals surface area contributed by atoms with Gasteiger partial charge in [0, 0.05) is 36.0 Å². The van der Waals surface area contributed by atoms with Gasteiger partial charge in [-0.1, -0.05) is 0 Å². The van der Waals surface area contributed by atoms with Crippen LogP contribution in [0.15, 0.2) is 35.2 Å². The summed E-state index contributed by atoms with van der Waals surface area (Å²) < 4.78 is 23.2. The average Bonchev–Trinajstić information content (AvgIpc) is 3.43. The van der Waals surface area contributed by atoms with Crippen molar-refractivity contribution < 1.29 is 23.7 Å². The predicted octanol–water partition coefficient (Wildman–Crippen LogP) is 4.54. The first-order valence-corrected chi connectivity index (χ1v) is 11.4. The number of esters is 1. The number of benzene rings is 1. The Morgan fingerprint density at radius 3 is 2.62 bits per heavy atom. The van der Waals surface area contributed by atoms with Crippen molar-refractivity contribution in [2.24, 2.45) is 0 Å². The highest BCUT2D eigenvalue weighted by Gasteiger charge is 2.16. The van der Waals surface area contributed by atoms with E-state index < -0.39 is 5.97 Å². The van der Waals surface area contributed by atoms with Gasteiger partial charge in [-0.25, -0.2) is 9.78 Å². The second-order valence-corrected chi connectivity index (χ2v) is 8.29. The van der Waals surface area contributed by atoms with Gasteiger partial charge in [-0.3, -0.25) is 0 Å². The Morgan fingerprint density at radius 2 is 1.94 bits per heavy atom. The van der Waals surface area contributed by atoms with Crippen LogP contribution in [-0.2, 0) is 27.4 Å². The molecule has 0 saturated heterocycles. The summed E-state index contributed by atoms with van der Waals surface area (Å²) in [6.07, 6.45) is 1.56. The molecule has 0 aliphatic rings. The van der Waals surface area contributed by atoms with Crippen LogP contribution in [0, 0.1) is 25.2 Å². The van der Waals surface area contributed by atoms with Crippen LogP contribution in [0.25, 0.3) is 16.6 Å². The van der Waals surface area contributed by atoms with Crippen molar-refractivity contribution in [1.82, 2.24) is 9.55 Å². The normalized spacial score (nSPS) is 11.2. The van der Waals surface area contributed by atoms with Gasteiger partial charge in [0.15, 0.2) is 11.5 Å². The molecule has 0 spiro atoms. The number of hydrogen-bond acceptors (Lipinski definition) is 8. The van der Waals surface area contributed by atoms with E-state index in [0.717, 1.165) is 27.5 Å². The monoisotopic (exact) mass is 481 g/mol. The van der Waals surface area contributed by atoms with Crippen LogP contribution in [0.1, 0.15) is 22.6 Å². The molecule has 34 heavy (non-hydrogen) atoms. The molecular weight excluding hydrogens is 454 g/mol. The fourth-order valence-electron chi connectivity index (χ4n) is 3.49. The molecule has 3 aromatic rings. The van der Waals surface area contributed by atoms with Crippen molar-refractivity contribution in [3.8, 4) is 28.1 Å². The summed E-state index contributed by atoms with van der Waals surface area (Å²) in [7, 11) is 4.81. The lowest BCUT2D eigenvalue weighted by Crippen LogP contribution is -2.08. The molecule has 0 amide bonds. The number of hydrogen-bond donors (Lipinski definition) is 0. The van der Waals surface area contributed by atoms with E-state index in [1.165, 1.54) is 11.3 Å². The number of nitriles is 1. The third-order valence-corrected chi connectivity index (χ3v) is 6.25. The highest BCUT2D eigenvalue weighted by molar-refractivity contribution is 7.13. The Kier molecular flexibility index (Phi) is 8.46. The van der Waals surface area contributed by atoms with Gasteiger partial charge in [-0.2, -0.15) is 5.26 Å². The summed E-state index contributed by atoms with van der Waals surface area (Å²) in [5, 5.41) is 12.1. The molecule has 0 fully saturated rings. The number of carbonyl (C=O) groups is 1. The van der Waals surface area contributed by atoms with E-state index in [1.54, 1.807) is 27.4 Å². The first kappa shape index (κ1) is 25.0. The van der Waals surface area contributed by atoms with E-state index in [2.05, 4.69) is 9.55 Å². The first-order chi connectivity index (χ1) is 16.4. The summed E-state index contributed by atoms with van der Waals surface area (Å²) in [4.78, 5) is 17.1. The fraction of sp³-hybridized carbons (Fsp3) is 0.320. The van der Waals surface area contributed by atoms with E-state index in [4.69, 9.17) is 18.9 Å². The van der Waals surface area contributed by atoms with Crippen molar-refractivity contribution in [2.75, 3.05) is 27.9 Å². The maximum Gasteiger partial charge on any atom is 0.349 e. The number of rotatable bonds is 10. The van der Waals surface area contributed by atoms with Crippen LogP contribution in [0.5, 0.6) is 11.5 Å². The molecule has 178 valence electrons. The largest absolute Gasteiger partial charge is 0.493 e. The van der Waals surface area contributed by atoms with Crippen molar-refractivity contribution in [2.45, 2.75) is 27.0 Å². The zero-order valence-corrected chi connectivity index (χ0v) is 20.7. The lowest BCUT2D eigenvalue weighted by atomic mass is 10.1. The van der Waals surface area contributed by atoms with Gasteiger partial charge in [0.05, 0.1) is 26.5 Å². The quantitative estimate of drug-likeness (QED) is 0.238. The van der Waals surface area contributed by atoms with Crippen molar-refractivity contribution in [3.05, 3.63) is 57.9 Å². The van der Waals surface area contributed by atoms with Crippen LogP contribution in [0.4, 0.5) is 0 Å². The van der Waals surface area contributed by atoms with Crippen molar-refractivity contribution in [3.63, 3.8) is 0 Å². The molecule has 0 bridgehead atoms. The molecule has 0 saturated carbocycles. The molecule has 8 nitrogen and oxygen atoms in total. The zero-order valence-electron chi connectivity index (χ0n) is 19.9. The van der Waals surface area contributed by atoms with Crippen LogP contribution in [0.2, 0.25) is 0 Å². The molecule has 0 atom stereocenters. The highest BCUT2D eigenvalue weighted by atomic mass is 32.1. The highest BCUT2D eigenvalue weighted by Crippen LogP contribution is 2.33. The minimum absolute atomic E-state index is 0.0332. The third kappa shape index (κ3) is 5.65. The molecule has 0 N–H and O–H groups in total. The molecular formula is C25H27N3O5S. The first-order valence-electron chi connectivity index (χ1n) is 10.5. The molecule has 1 aromatic carbocycles. The minimum Gasteiger partial charge on any atom is -0.493 e. The number of aromatic nitrogens is 2. The Hall–Kier alpha value is -3.61. The van der Waals surface area contributed by atoms with Gasteiger partial charge in [0.1, 0.15) is 23.3 Å². The van der Waals surface area contributed by atoms with Gasteiger partial charge < -0.3 is 23.5 Å². The third-order valence-electron chi connectivity index (χ3n) is 5.31. The number of thiazole rings is 1. The lowest BCUT2D eigenvalue weighted by Gasteiger charge is -2.08. The van der Waals surface area contributed by atoms with Gasteiger partial charge in [-0.05, 0) is 49.8 Å². The van der Waals surface area contributed by atoms with Crippen LogP contribution in [0.3, 0.4) is 0 Å². The van der Waals surface area contributed by atoms with Gasteiger partial charge >= 0.3 is 5.97 Å². The molecule has 9 heteroatoms. The summed E-state index contributed by atoms with van der Waals surface area (Å²) in [5.41, 5.74) is 4.17. The predicted molar refractivity (Wildman–Crippen MR) is 130 cm³/mol. The summed E-state index contributed by atoms with van der Waals surface area (Å²) in [5.74, 6) is 0.547. The maximum atomic E-state index is 12.6. The number of methoxy groups -OCH3 is 3. The number of carbonyl (C=O) groups excluding carboxylic acids is 1. The van der Waals surface area contributed by atoms with E-state index >= 15 is 0 Å². The standard InChI is InChI=1S/C25H27N3O5S/c1-16-10-19(17(2)28(16)8-9-30-3)11-20(13-26)25(29)33-14-21-15-34-24(27-21)18-6-7-22(31-4)23(12-18)32-5/h6-7,10-12,15H,8-9,14H2,1-5H3/b20-11+. The number of aryl methyl sites for hydroxylation is 1. The van der Waals surface area contributed by atoms with Gasteiger partial charge in [-0.15, -0.1) is 11.3 Å². The number of ether oxygens (including phenoxy) is 4. The van der Waals surface area contributed by atoms with E-state index in [1.807, 2.05) is 49.6 Å². The van der Waals surface area contributed by atoms with E-state index in [0.29, 0.717) is 30.3 Å². The van der Waals surface area contributed by atoms with Crippen LogP contribution < -0.4 is 9.47 Å². The topological polar surface area (TPSA) is 95.6 Å². The maximum absolute atomic E-state index is 12.6. The zero-order chi connectivity index (χ0) is 24.7. The summed E-state index contributed by atoms with van der Waals surface area (Å²) >= 11 is 1.43. The van der Waals surface area contributed by atoms with Crippen molar-refractivity contribution >= 4 is 23.4 Å². The molecule has 2 heterocycles. The molecule has 3 rings (SSSR count). The summed E-state index contributed by atoms with van der Waals surface area (Å²) in [6, 6.07) is 9.42. The molecule has 0 aliphatic carbocycles. The molecule has 0 unspecified atom stereocenters. The second-order valence-electron chi connectivity index (χ2n) is 7.43. The van der Waals surface area contributed by atoms with Crippen LogP contribution >= 0.6 is 11.3 Å². The molecule has 2 aromatic heterocycles. The van der Waals surface area contributed by atoms with Gasteiger partial charge in [0.25, 0.3) is 0 Å². The Balaban J connectivity index is 1.70. The Labute approximate surface area is 203 Å². The Bertz CT molecular complexity index is 1240. The van der Waals surface area contributed by atoms with Gasteiger partial charge in [0.2, 0.25) is 0 Å². The summed E-state index contributed by atoms with van der Waals surface area (Å²) in [6.45, 7) is 5.16. The van der Waals surface area contributed by atoms with Crippen molar-refractivity contribution in [1.29, 1.82) is 5.26 Å². The minimum atomic E-state index is -0.690. The van der Waals surface area contributed by atoms with E-state index in [-0.39, 0.29) is 12.2 Å². The average molecular weight is 482 g/mol. The number of nitrogens with zero attached hydrogens (tertiary/aromatic N) is 3. The molecule has 0 aliphatic heterocycles. The van der Waals surface area contributed by atoms with Crippen LogP contribution in [-0.4, -0.2) is 43.5 Å². The fourth-order valence-corrected chi connectivity index (χ4v) is 4.29. The Morgan fingerprint density at radius 1 is 1.18 bits per heavy atom. The van der Waals surface area contributed by atoms with E-state index in [9.17, 15) is 10.1 Å². The SMILES string of the molecule is COCCn1c(C)cc(/C=C(\C#N)C(=O)OCc2csc(-c3ccc(OC)c(OC)c3)n2)c1C. The lowest BCUT2D eigenvalue weighted by molar-refractivity contribution is -0.139. The molecule has 0 radical (unpaired) electrons. The smallest absolute Gasteiger partial charge is 0.349 e. The second kappa shape index (κ2) is 11.5.